The van der Waals surface area contributed by atoms with Gasteiger partial charge >= 0.3 is 0 Å². The second-order valence-electron chi connectivity index (χ2n) is 6.32. The van der Waals surface area contributed by atoms with Crippen LogP contribution in [0.15, 0.2) is 48.5 Å². The smallest absolute Gasteiger partial charge is 0.222 e. The lowest BCUT2D eigenvalue weighted by Crippen LogP contribution is -2.35. The fourth-order valence-corrected chi connectivity index (χ4v) is 3.26. The molecule has 3 nitrogen and oxygen atoms in total. The number of carbonyl (C=O) groups is 1. The summed E-state index contributed by atoms with van der Waals surface area (Å²) in [6, 6.07) is 14.2. The molecule has 2 aromatic rings. The van der Waals surface area contributed by atoms with Crippen LogP contribution < -0.4 is 4.90 Å². The molecular weight excluding hydrogens is 339 g/mol. The van der Waals surface area contributed by atoms with Gasteiger partial charge in [0.25, 0.3) is 0 Å². The third kappa shape index (κ3) is 4.95. The van der Waals surface area contributed by atoms with E-state index in [1.54, 1.807) is 12.1 Å². The van der Waals surface area contributed by atoms with Gasteiger partial charge in [-0.25, -0.2) is 4.39 Å². The van der Waals surface area contributed by atoms with E-state index in [4.69, 9.17) is 11.6 Å². The number of anilines is 1. The second-order valence-corrected chi connectivity index (χ2v) is 6.76. The Labute approximate surface area is 153 Å². The van der Waals surface area contributed by atoms with E-state index in [9.17, 15) is 9.18 Å². The second kappa shape index (κ2) is 8.34. The van der Waals surface area contributed by atoms with Gasteiger partial charge in [0.15, 0.2) is 0 Å². The van der Waals surface area contributed by atoms with Crippen molar-refractivity contribution in [3.63, 3.8) is 0 Å². The lowest BCUT2D eigenvalue weighted by atomic mass is 10.1. The Hall–Kier alpha value is -2.07. The minimum Gasteiger partial charge on any atom is -0.370 e. The monoisotopic (exact) mass is 360 g/mol. The first-order chi connectivity index (χ1) is 12.1. The summed E-state index contributed by atoms with van der Waals surface area (Å²) in [6.45, 7) is 3.14. The Bertz CT molecular complexity index is 703. The van der Waals surface area contributed by atoms with Crippen molar-refractivity contribution in [1.82, 2.24) is 4.90 Å². The molecule has 1 saturated heterocycles. The minimum absolute atomic E-state index is 0.191. The summed E-state index contributed by atoms with van der Waals surface area (Å²) in [4.78, 5) is 16.7. The summed E-state index contributed by atoms with van der Waals surface area (Å²) in [5.74, 6) is -0.0338. The molecule has 0 N–H and O–H groups in total. The largest absolute Gasteiger partial charge is 0.370 e. The first-order valence-electron chi connectivity index (χ1n) is 8.64. The molecule has 1 aliphatic heterocycles. The number of hydrogen-bond acceptors (Lipinski definition) is 2. The molecule has 25 heavy (non-hydrogen) atoms. The highest BCUT2D eigenvalue weighted by atomic mass is 35.5. The van der Waals surface area contributed by atoms with Gasteiger partial charge in [0.2, 0.25) is 5.91 Å². The van der Waals surface area contributed by atoms with E-state index in [1.165, 1.54) is 12.1 Å². The fourth-order valence-electron chi connectivity index (χ4n) is 3.14. The number of halogens is 2. The number of hydrogen-bond donors (Lipinski definition) is 0. The molecule has 5 heteroatoms. The van der Waals surface area contributed by atoms with Crippen LogP contribution in [-0.2, 0) is 11.2 Å². The number of carbonyl (C=O) groups excluding carboxylic acids is 1. The molecule has 0 bridgehead atoms. The molecule has 1 amide bonds. The highest BCUT2D eigenvalue weighted by molar-refractivity contribution is 6.30. The summed E-state index contributed by atoms with van der Waals surface area (Å²) in [7, 11) is 0. The van der Waals surface area contributed by atoms with Crippen molar-refractivity contribution in [3.8, 4) is 0 Å². The molecule has 1 fully saturated rings. The Morgan fingerprint density at radius 1 is 0.960 bits per heavy atom. The van der Waals surface area contributed by atoms with Crippen LogP contribution in [0.2, 0.25) is 5.02 Å². The van der Waals surface area contributed by atoms with Crippen LogP contribution >= 0.6 is 11.6 Å². The predicted molar refractivity (Wildman–Crippen MR) is 99.6 cm³/mol. The molecule has 0 radical (unpaired) electrons. The minimum atomic E-state index is -0.224. The van der Waals surface area contributed by atoms with Crippen LogP contribution in [0, 0.1) is 5.82 Å². The summed E-state index contributed by atoms with van der Waals surface area (Å²) in [6.07, 6.45) is 2.16. The quantitative estimate of drug-likeness (QED) is 0.817. The van der Waals surface area contributed by atoms with E-state index in [2.05, 4.69) is 4.90 Å². The lowest BCUT2D eigenvalue weighted by molar-refractivity contribution is -0.130. The van der Waals surface area contributed by atoms with Gasteiger partial charge in [-0.15, -0.1) is 0 Å². The maximum atomic E-state index is 13.1. The molecular formula is C20H22ClFN2O. The lowest BCUT2D eigenvalue weighted by Gasteiger charge is -2.23. The Balaban J connectivity index is 1.52. The Morgan fingerprint density at radius 3 is 2.40 bits per heavy atom. The molecule has 1 heterocycles. The van der Waals surface area contributed by atoms with Gasteiger partial charge in [-0.2, -0.15) is 0 Å². The topological polar surface area (TPSA) is 23.6 Å². The number of rotatable bonds is 4. The molecule has 132 valence electrons. The third-order valence-corrected chi connectivity index (χ3v) is 4.83. The van der Waals surface area contributed by atoms with Crippen molar-refractivity contribution < 1.29 is 9.18 Å². The fraction of sp³-hybridized carbons (Fsp3) is 0.350. The van der Waals surface area contributed by atoms with Crippen molar-refractivity contribution in [2.45, 2.75) is 19.3 Å². The van der Waals surface area contributed by atoms with E-state index in [0.29, 0.717) is 18.0 Å². The van der Waals surface area contributed by atoms with Gasteiger partial charge in [0.05, 0.1) is 0 Å². The van der Waals surface area contributed by atoms with Gasteiger partial charge in [0.1, 0.15) is 5.82 Å². The SMILES string of the molecule is O=C(CCc1ccc(Cl)cc1)N1CCCN(c2ccc(F)cc2)CC1. The van der Waals surface area contributed by atoms with Gasteiger partial charge in [-0.3, -0.25) is 4.79 Å². The maximum Gasteiger partial charge on any atom is 0.222 e. The van der Waals surface area contributed by atoms with Crippen LogP contribution in [0.5, 0.6) is 0 Å². The normalized spacial score (nSPS) is 15.1. The maximum absolute atomic E-state index is 13.1. The van der Waals surface area contributed by atoms with E-state index in [1.807, 2.05) is 29.2 Å². The number of amides is 1. The van der Waals surface area contributed by atoms with Crippen molar-refractivity contribution in [3.05, 3.63) is 64.9 Å². The average molecular weight is 361 g/mol. The summed E-state index contributed by atoms with van der Waals surface area (Å²) < 4.78 is 13.1. The first-order valence-corrected chi connectivity index (χ1v) is 9.02. The molecule has 3 rings (SSSR count). The molecule has 0 saturated carbocycles. The molecule has 0 atom stereocenters. The number of aryl methyl sites for hydroxylation is 1. The highest BCUT2D eigenvalue weighted by Crippen LogP contribution is 2.18. The van der Waals surface area contributed by atoms with E-state index in [0.717, 1.165) is 43.7 Å². The zero-order valence-corrected chi connectivity index (χ0v) is 14.9. The van der Waals surface area contributed by atoms with E-state index < -0.39 is 0 Å². The molecule has 0 aliphatic carbocycles. The van der Waals surface area contributed by atoms with Gasteiger partial charge in [-0.1, -0.05) is 23.7 Å². The van der Waals surface area contributed by atoms with Crippen LogP contribution in [0.25, 0.3) is 0 Å². The zero-order chi connectivity index (χ0) is 17.6. The van der Waals surface area contributed by atoms with E-state index in [-0.39, 0.29) is 11.7 Å². The summed E-state index contributed by atoms with van der Waals surface area (Å²) in [5.41, 5.74) is 2.14. The van der Waals surface area contributed by atoms with Crippen molar-refractivity contribution in [2.24, 2.45) is 0 Å². The van der Waals surface area contributed by atoms with Crippen LogP contribution in [0.1, 0.15) is 18.4 Å². The zero-order valence-electron chi connectivity index (χ0n) is 14.1. The molecule has 2 aromatic carbocycles. The third-order valence-electron chi connectivity index (χ3n) is 4.58. The van der Waals surface area contributed by atoms with Crippen LogP contribution in [0.3, 0.4) is 0 Å². The number of benzene rings is 2. The van der Waals surface area contributed by atoms with Crippen LogP contribution in [0.4, 0.5) is 10.1 Å². The molecule has 0 unspecified atom stereocenters. The van der Waals surface area contributed by atoms with E-state index >= 15 is 0 Å². The molecule has 0 spiro atoms. The van der Waals surface area contributed by atoms with Gasteiger partial charge in [-0.05, 0) is 54.8 Å². The predicted octanol–water partition coefficient (Wildman–Crippen LogP) is 4.15. The highest BCUT2D eigenvalue weighted by Gasteiger charge is 2.19. The molecule has 0 aromatic heterocycles. The van der Waals surface area contributed by atoms with Gasteiger partial charge in [0, 0.05) is 43.3 Å². The van der Waals surface area contributed by atoms with Crippen molar-refractivity contribution in [2.75, 3.05) is 31.1 Å². The standard InChI is InChI=1S/C20H22ClFN2O/c21-17-5-2-16(3-6-17)4-11-20(25)24-13-1-12-23(14-15-24)19-9-7-18(22)8-10-19/h2-3,5-10H,1,4,11-15H2. The average Bonchev–Trinajstić information content (AvgIpc) is 2.88. The molecule has 1 aliphatic rings. The summed E-state index contributed by atoms with van der Waals surface area (Å²) in [5, 5.41) is 0.712. The Morgan fingerprint density at radius 2 is 1.68 bits per heavy atom. The van der Waals surface area contributed by atoms with Gasteiger partial charge < -0.3 is 9.80 Å². The Kier molecular flexibility index (Phi) is 5.92. The first kappa shape index (κ1) is 17.7. The van der Waals surface area contributed by atoms with Crippen LogP contribution in [-0.4, -0.2) is 37.0 Å². The number of nitrogens with zero attached hydrogens (tertiary/aromatic N) is 2. The van der Waals surface area contributed by atoms with Crippen molar-refractivity contribution in [1.29, 1.82) is 0 Å². The van der Waals surface area contributed by atoms with Crippen molar-refractivity contribution >= 4 is 23.2 Å². The summed E-state index contributed by atoms with van der Waals surface area (Å²) >= 11 is 5.89.